The van der Waals surface area contributed by atoms with E-state index in [0.717, 1.165) is 5.56 Å². The Bertz CT molecular complexity index is 277. The number of ether oxygens (including phenoxy) is 1. The lowest BCUT2D eigenvalue weighted by Crippen LogP contribution is -2.25. The zero-order valence-corrected chi connectivity index (χ0v) is 8.43. The zero-order valence-electron chi connectivity index (χ0n) is 7.61. The molecule has 1 atom stereocenters. The topological polar surface area (TPSA) is 46.5 Å². The van der Waals surface area contributed by atoms with Crippen LogP contribution in [0.1, 0.15) is 18.9 Å². The molecule has 0 spiro atoms. The van der Waals surface area contributed by atoms with Crippen molar-refractivity contribution in [2.24, 2.45) is 0 Å². The van der Waals surface area contributed by atoms with Crippen LogP contribution in [0.4, 0.5) is 0 Å². The quantitative estimate of drug-likeness (QED) is 0.752. The highest BCUT2D eigenvalue weighted by atomic mass is 32.1. The Labute approximate surface area is 81.0 Å². The van der Waals surface area contributed by atoms with E-state index in [1.165, 1.54) is 18.4 Å². The van der Waals surface area contributed by atoms with Gasteiger partial charge in [0.2, 0.25) is 0 Å². The van der Waals surface area contributed by atoms with Crippen LogP contribution in [-0.2, 0) is 15.1 Å². The number of carbonyl (C=O) groups excluding carboxylic acids is 1. The summed E-state index contributed by atoms with van der Waals surface area (Å²) in [6.07, 6.45) is -0.0137. The lowest BCUT2D eigenvalue weighted by atomic mass is 9.95. The molecule has 1 aromatic rings. The van der Waals surface area contributed by atoms with Crippen molar-refractivity contribution in [2.45, 2.75) is 18.9 Å². The molecule has 0 saturated carbocycles. The third-order valence-corrected chi connectivity index (χ3v) is 2.54. The van der Waals surface area contributed by atoms with E-state index in [4.69, 9.17) is 0 Å². The minimum Gasteiger partial charge on any atom is -0.469 e. The van der Waals surface area contributed by atoms with Gasteiger partial charge in [-0.3, -0.25) is 4.79 Å². The van der Waals surface area contributed by atoms with E-state index in [2.05, 4.69) is 4.74 Å². The molecule has 4 heteroatoms. The Morgan fingerprint density at radius 3 is 2.92 bits per heavy atom. The number of carbonyl (C=O) groups is 1. The van der Waals surface area contributed by atoms with E-state index in [1.807, 2.05) is 10.8 Å². The highest BCUT2D eigenvalue weighted by Gasteiger charge is 2.27. The van der Waals surface area contributed by atoms with Gasteiger partial charge >= 0.3 is 5.97 Å². The Morgan fingerprint density at radius 1 is 1.77 bits per heavy atom. The molecule has 0 fully saturated rings. The van der Waals surface area contributed by atoms with Crippen LogP contribution in [0.25, 0.3) is 0 Å². The lowest BCUT2D eigenvalue weighted by Gasteiger charge is -2.20. The first-order valence-electron chi connectivity index (χ1n) is 3.88. The molecule has 3 nitrogen and oxygen atoms in total. The molecule has 72 valence electrons. The number of hydrogen-bond acceptors (Lipinski definition) is 4. The monoisotopic (exact) mass is 200 g/mol. The van der Waals surface area contributed by atoms with Gasteiger partial charge in [-0.25, -0.2) is 0 Å². The van der Waals surface area contributed by atoms with Gasteiger partial charge in [0.1, 0.15) is 0 Å². The second kappa shape index (κ2) is 3.89. The second-order valence-corrected chi connectivity index (χ2v) is 3.82. The molecule has 0 saturated heterocycles. The third kappa shape index (κ3) is 2.54. The van der Waals surface area contributed by atoms with E-state index in [1.54, 1.807) is 13.0 Å². The van der Waals surface area contributed by atoms with Crippen molar-refractivity contribution < 1.29 is 14.6 Å². The van der Waals surface area contributed by atoms with Crippen molar-refractivity contribution in [1.29, 1.82) is 0 Å². The summed E-state index contributed by atoms with van der Waals surface area (Å²) in [6, 6.07) is 1.80. The highest BCUT2D eigenvalue weighted by molar-refractivity contribution is 7.08. The number of thiophene rings is 1. The fraction of sp³-hybridized carbons (Fsp3) is 0.444. The molecule has 0 aliphatic carbocycles. The van der Waals surface area contributed by atoms with Gasteiger partial charge in [0, 0.05) is 0 Å². The summed E-state index contributed by atoms with van der Waals surface area (Å²) < 4.78 is 4.49. The number of methoxy groups -OCH3 is 1. The third-order valence-electron chi connectivity index (χ3n) is 1.86. The van der Waals surface area contributed by atoms with Gasteiger partial charge in [0.25, 0.3) is 0 Å². The van der Waals surface area contributed by atoms with E-state index in [9.17, 15) is 9.90 Å². The van der Waals surface area contributed by atoms with Gasteiger partial charge < -0.3 is 9.84 Å². The summed E-state index contributed by atoms with van der Waals surface area (Å²) in [4.78, 5) is 10.9. The largest absolute Gasteiger partial charge is 0.469 e. The average Bonchev–Trinajstić information content (AvgIpc) is 2.55. The van der Waals surface area contributed by atoms with Crippen LogP contribution >= 0.6 is 11.3 Å². The summed E-state index contributed by atoms with van der Waals surface area (Å²) in [5.41, 5.74) is -0.365. The van der Waals surface area contributed by atoms with Crippen LogP contribution < -0.4 is 0 Å². The maximum Gasteiger partial charge on any atom is 0.308 e. The molecule has 0 amide bonds. The molecule has 1 rings (SSSR count). The number of rotatable bonds is 3. The van der Waals surface area contributed by atoms with Gasteiger partial charge in [0.15, 0.2) is 0 Å². The fourth-order valence-electron chi connectivity index (χ4n) is 1.03. The van der Waals surface area contributed by atoms with Gasteiger partial charge in [-0.2, -0.15) is 11.3 Å². The molecule has 1 unspecified atom stereocenters. The first-order valence-corrected chi connectivity index (χ1v) is 4.82. The maximum absolute atomic E-state index is 10.9. The van der Waals surface area contributed by atoms with Gasteiger partial charge in [0.05, 0.1) is 19.1 Å². The van der Waals surface area contributed by atoms with Gasteiger partial charge in [-0.05, 0) is 29.3 Å². The first kappa shape index (κ1) is 10.2. The second-order valence-electron chi connectivity index (χ2n) is 3.04. The van der Waals surface area contributed by atoms with Crippen molar-refractivity contribution in [2.75, 3.05) is 7.11 Å². The minimum atomic E-state index is -1.12. The average molecular weight is 200 g/mol. The standard InChI is InChI=1S/C9H12O3S/c1-9(11,5-8(10)12-2)7-3-4-13-6-7/h3-4,6,11H,5H2,1-2H3. The van der Waals surface area contributed by atoms with E-state index >= 15 is 0 Å². The van der Waals surface area contributed by atoms with Crippen molar-refractivity contribution >= 4 is 17.3 Å². The molecular weight excluding hydrogens is 188 g/mol. The summed E-state index contributed by atoms with van der Waals surface area (Å²) >= 11 is 1.49. The Kier molecular flexibility index (Phi) is 3.06. The molecule has 0 radical (unpaired) electrons. The first-order chi connectivity index (χ1) is 6.06. The van der Waals surface area contributed by atoms with Crippen LogP contribution in [0, 0.1) is 0 Å². The molecule has 1 N–H and O–H groups in total. The Morgan fingerprint density at radius 2 is 2.46 bits per heavy atom. The SMILES string of the molecule is COC(=O)CC(C)(O)c1ccsc1. The van der Waals surface area contributed by atoms with Crippen molar-refractivity contribution in [1.82, 2.24) is 0 Å². The van der Waals surface area contributed by atoms with Crippen LogP contribution in [-0.4, -0.2) is 18.2 Å². The molecule has 1 aromatic heterocycles. The Balaban J connectivity index is 2.72. The van der Waals surface area contributed by atoms with E-state index in [0.29, 0.717) is 0 Å². The molecule has 0 aliphatic heterocycles. The van der Waals surface area contributed by atoms with Crippen molar-refractivity contribution in [3.8, 4) is 0 Å². The van der Waals surface area contributed by atoms with Crippen molar-refractivity contribution in [3.63, 3.8) is 0 Å². The van der Waals surface area contributed by atoms with Crippen LogP contribution in [0.2, 0.25) is 0 Å². The molecule has 13 heavy (non-hydrogen) atoms. The highest BCUT2D eigenvalue weighted by Crippen LogP contribution is 2.26. The van der Waals surface area contributed by atoms with E-state index < -0.39 is 11.6 Å². The lowest BCUT2D eigenvalue weighted by molar-refractivity contribution is -0.145. The maximum atomic E-state index is 10.9. The normalized spacial score (nSPS) is 15.0. The summed E-state index contributed by atoms with van der Waals surface area (Å²) in [5.74, 6) is -0.406. The molecule has 0 bridgehead atoms. The molecule has 0 aromatic carbocycles. The number of aliphatic hydroxyl groups is 1. The summed E-state index contributed by atoms with van der Waals surface area (Å²) in [5, 5.41) is 13.6. The zero-order chi connectivity index (χ0) is 9.90. The molecule has 1 heterocycles. The van der Waals surface area contributed by atoms with Gasteiger partial charge in [-0.1, -0.05) is 0 Å². The van der Waals surface area contributed by atoms with Crippen LogP contribution in [0.15, 0.2) is 16.8 Å². The number of esters is 1. The van der Waals surface area contributed by atoms with Crippen LogP contribution in [0.5, 0.6) is 0 Å². The van der Waals surface area contributed by atoms with E-state index in [-0.39, 0.29) is 6.42 Å². The van der Waals surface area contributed by atoms with Gasteiger partial charge in [-0.15, -0.1) is 0 Å². The predicted octanol–water partition coefficient (Wildman–Crippen LogP) is 1.52. The summed E-state index contributed by atoms with van der Waals surface area (Å²) in [6.45, 7) is 1.60. The smallest absolute Gasteiger partial charge is 0.308 e. The summed E-state index contributed by atoms with van der Waals surface area (Å²) in [7, 11) is 1.31. The minimum absolute atomic E-state index is 0.0137. The van der Waals surface area contributed by atoms with Crippen molar-refractivity contribution in [3.05, 3.63) is 22.4 Å². The molecular formula is C9H12O3S. The number of hydrogen-bond donors (Lipinski definition) is 1. The van der Waals surface area contributed by atoms with Crippen LogP contribution in [0.3, 0.4) is 0 Å². The molecule has 0 aliphatic rings. The fourth-order valence-corrected chi connectivity index (χ4v) is 1.81. The Hall–Kier alpha value is -0.870. The predicted molar refractivity (Wildman–Crippen MR) is 50.5 cm³/mol.